The highest BCUT2D eigenvalue weighted by Crippen LogP contribution is 2.44. The Morgan fingerprint density at radius 3 is 2.20 bits per heavy atom. The summed E-state index contributed by atoms with van der Waals surface area (Å²) in [6.07, 6.45) is -0.668. The molecule has 8 nitrogen and oxygen atoms in total. The van der Waals surface area contributed by atoms with Gasteiger partial charge in [0.1, 0.15) is 17.7 Å². The number of alkyl carbamates (subject to hydrolysis) is 1. The van der Waals surface area contributed by atoms with Gasteiger partial charge in [-0.2, -0.15) is 0 Å². The summed E-state index contributed by atoms with van der Waals surface area (Å²) in [6.45, 7) is 5.55. The second kappa shape index (κ2) is 10.3. The number of hydrogen-bond donors (Lipinski definition) is 3. The van der Waals surface area contributed by atoms with Gasteiger partial charge >= 0.3 is 12.1 Å². The number of aromatic carboxylic acids is 1. The number of rotatable bonds is 8. The molecule has 1 aliphatic rings. The van der Waals surface area contributed by atoms with Gasteiger partial charge in [-0.3, -0.25) is 4.79 Å². The number of fused-ring (bicyclic) bond motifs is 3. The van der Waals surface area contributed by atoms with Gasteiger partial charge in [-0.1, -0.05) is 62.4 Å². The number of ether oxygens (including phenoxy) is 1. The molecule has 0 radical (unpaired) electrons. The van der Waals surface area contributed by atoms with Gasteiger partial charge in [-0.05, 0) is 35.1 Å². The van der Waals surface area contributed by atoms with E-state index in [0.29, 0.717) is 9.88 Å². The van der Waals surface area contributed by atoms with Gasteiger partial charge in [0.05, 0.1) is 6.54 Å². The van der Waals surface area contributed by atoms with E-state index in [-0.39, 0.29) is 30.7 Å². The minimum absolute atomic E-state index is 0.0172. The zero-order valence-electron chi connectivity index (χ0n) is 19.7. The third kappa shape index (κ3) is 5.19. The third-order valence-corrected chi connectivity index (χ3v) is 6.99. The zero-order valence-corrected chi connectivity index (χ0v) is 20.5. The van der Waals surface area contributed by atoms with Gasteiger partial charge in [0.15, 0.2) is 5.69 Å². The van der Waals surface area contributed by atoms with Crippen LogP contribution in [0.5, 0.6) is 0 Å². The average Bonchev–Trinajstić information content (AvgIpc) is 3.37. The van der Waals surface area contributed by atoms with E-state index in [9.17, 15) is 14.4 Å². The van der Waals surface area contributed by atoms with Crippen molar-refractivity contribution in [3.8, 4) is 11.1 Å². The van der Waals surface area contributed by atoms with Crippen molar-refractivity contribution < 1.29 is 24.2 Å². The van der Waals surface area contributed by atoms with E-state index in [1.165, 1.54) is 11.3 Å². The smallest absolute Gasteiger partial charge is 0.407 e. The number of carboxylic acids is 1. The van der Waals surface area contributed by atoms with Gasteiger partial charge in [0, 0.05) is 10.8 Å². The Balaban J connectivity index is 1.37. The van der Waals surface area contributed by atoms with E-state index in [1.54, 1.807) is 6.92 Å². The Bertz CT molecular complexity index is 1220. The van der Waals surface area contributed by atoms with E-state index in [1.807, 2.05) is 50.2 Å². The fraction of sp³-hybridized carbons (Fsp3) is 0.308. The van der Waals surface area contributed by atoms with E-state index in [4.69, 9.17) is 9.84 Å². The number of carbonyl (C=O) groups is 3. The molecule has 0 fully saturated rings. The Morgan fingerprint density at radius 1 is 1.06 bits per heavy atom. The van der Waals surface area contributed by atoms with Gasteiger partial charge < -0.3 is 20.5 Å². The molecule has 2 amide bonds. The normalized spacial score (nSPS) is 13.1. The Hall–Kier alpha value is -3.72. The summed E-state index contributed by atoms with van der Waals surface area (Å²) in [6, 6.07) is 15.3. The predicted octanol–water partition coefficient (Wildman–Crippen LogP) is 4.33. The van der Waals surface area contributed by atoms with Gasteiger partial charge in [0.2, 0.25) is 5.91 Å². The second-order valence-corrected chi connectivity index (χ2v) is 10.0. The molecule has 1 aromatic heterocycles. The predicted molar refractivity (Wildman–Crippen MR) is 132 cm³/mol. The summed E-state index contributed by atoms with van der Waals surface area (Å²) in [7, 11) is 0. The number of nitrogens with zero attached hydrogens (tertiary/aromatic N) is 1. The fourth-order valence-corrected chi connectivity index (χ4v) is 5.16. The monoisotopic (exact) mass is 493 g/mol. The molecule has 9 heteroatoms. The molecule has 35 heavy (non-hydrogen) atoms. The van der Waals surface area contributed by atoms with Crippen LogP contribution in [-0.2, 0) is 16.1 Å². The summed E-state index contributed by atoms with van der Waals surface area (Å²) in [5.74, 6) is -1.76. The van der Waals surface area contributed by atoms with Crippen molar-refractivity contribution in [2.45, 2.75) is 39.3 Å². The maximum absolute atomic E-state index is 12.8. The van der Waals surface area contributed by atoms with Gasteiger partial charge in [0.25, 0.3) is 0 Å². The molecular weight excluding hydrogens is 466 g/mol. The van der Waals surface area contributed by atoms with Crippen LogP contribution in [0, 0.1) is 12.8 Å². The minimum atomic E-state index is -1.10. The number of aromatic nitrogens is 1. The number of thiazole rings is 1. The maximum atomic E-state index is 12.8. The standard InChI is InChI=1S/C26H27N3O5S/c1-14(2)22(24(30)27-12-21-28-23(25(31)32)15(3)35-21)29-26(33)34-13-20-18-10-6-4-8-16(18)17-9-5-7-11-19(17)20/h4-11,14,20,22H,12-13H2,1-3H3,(H,27,30)(H,29,33)(H,31,32)/t22-/m1/s1. The van der Waals surface area contributed by atoms with Crippen LogP contribution >= 0.6 is 11.3 Å². The first kappa shape index (κ1) is 24.4. The number of nitrogens with one attached hydrogen (secondary N) is 2. The molecule has 0 saturated heterocycles. The van der Waals surface area contributed by atoms with Crippen molar-refractivity contribution in [1.82, 2.24) is 15.6 Å². The van der Waals surface area contributed by atoms with Crippen LogP contribution in [-0.4, -0.2) is 40.7 Å². The van der Waals surface area contributed by atoms with E-state index in [2.05, 4.69) is 27.8 Å². The SMILES string of the molecule is Cc1sc(CNC(=O)[C@H](NC(=O)OCC2c3ccccc3-c3ccccc32)C(C)C)nc1C(=O)O. The Kier molecular flexibility index (Phi) is 7.16. The summed E-state index contributed by atoms with van der Waals surface area (Å²) in [5.41, 5.74) is 4.48. The molecule has 2 aromatic carbocycles. The number of benzene rings is 2. The van der Waals surface area contributed by atoms with Crippen molar-refractivity contribution in [3.63, 3.8) is 0 Å². The molecule has 3 aromatic rings. The lowest BCUT2D eigenvalue weighted by Crippen LogP contribution is -2.49. The lowest BCUT2D eigenvalue weighted by Gasteiger charge is -2.22. The molecule has 0 aliphatic heterocycles. The number of amides is 2. The molecule has 0 saturated carbocycles. The van der Waals surface area contributed by atoms with Crippen LogP contribution in [0.1, 0.15) is 51.3 Å². The fourth-order valence-electron chi connectivity index (χ4n) is 4.30. The zero-order chi connectivity index (χ0) is 25.1. The minimum Gasteiger partial charge on any atom is -0.476 e. The van der Waals surface area contributed by atoms with Crippen molar-refractivity contribution in [3.05, 3.63) is 75.2 Å². The van der Waals surface area contributed by atoms with Crippen molar-refractivity contribution in [1.29, 1.82) is 0 Å². The quantitative estimate of drug-likeness (QED) is 0.430. The van der Waals surface area contributed by atoms with Gasteiger partial charge in [-0.25, -0.2) is 14.6 Å². The molecule has 4 rings (SSSR count). The molecule has 1 aliphatic carbocycles. The molecule has 0 spiro atoms. The number of hydrogen-bond acceptors (Lipinski definition) is 6. The first-order chi connectivity index (χ1) is 16.8. The summed E-state index contributed by atoms with van der Waals surface area (Å²) in [5, 5.41) is 15.0. The molecule has 3 N–H and O–H groups in total. The van der Waals surface area contributed by atoms with Crippen LogP contribution in [0.3, 0.4) is 0 Å². The highest BCUT2D eigenvalue weighted by Gasteiger charge is 2.30. The third-order valence-electron chi connectivity index (χ3n) is 6.02. The van der Waals surface area contributed by atoms with Crippen LogP contribution in [0.4, 0.5) is 4.79 Å². The first-order valence-electron chi connectivity index (χ1n) is 11.3. The molecule has 1 atom stereocenters. The van der Waals surface area contributed by atoms with Gasteiger partial charge in [-0.15, -0.1) is 11.3 Å². The summed E-state index contributed by atoms with van der Waals surface area (Å²) >= 11 is 1.21. The van der Waals surface area contributed by atoms with E-state index >= 15 is 0 Å². The summed E-state index contributed by atoms with van der Waals surface area (Å²) < 4.78 is 5.57. The Morgan fingerprint density at radius 2 is 1.66 bits per heavy atom. The molecule has 1 heterocycles. The maximum Gasteiger partial charge on any atom is 0.407 e. The molecule has 182 valence electrons. The Labute approximate surface area is 207 Å². The number of aryl methyl sites for hydroxylation is 1. The highest BCUT2D eigenvalue weighted by molar-refractivity contribution is 7.11. The topological polar surface area (TPSA) is 118 Å². The number of carbonyl (C=O) groups excluding carboxylic acids is 2. The van der Waals surface area contributed by atoms with Crippen LogP contribution in [0.25, 0.3) is 11.1 Å². The first-order valence-corrected chi connectivity index (χ1v) is 12.2. The van der Waals surface area contributed by atoms with Crippen molar-refractivity contribution in [2.75, 3.05) is 6.61 Å². The average molecular weight is 494 g/mol. The lowest BCUT2D eigenvalue weighted by atomic mass is 9.98. The summed E-state index contributed by atoms with van der Waals surface area (Å²) in [4.78, 5) is 41.2. The second-order valence-electron chi connectivity index (χ2n) is 8.73. The molecular formula is C26H27N3O5S. The van der Waals surface area contributed by atoms with Crippen LogP contribution in [0.2, 0.25) is 0 Å². The van der Waals surface area contributed by atoms with Crippen molar-refractivity contribution >= 4 is 29.3 Å². The largest absolute Gasteiger partial charge is 0.476 e. The van der Waals surface area contributed by atoms with E-state index < -0.39 is 24.0 Å². The highest BCUT2D eigenvalue weighted by atomic mass is 32.1. The number of carboxylic acid groups (broad SMARTS) is 1. The van der Waals surface area contributed by atoms with E-state index in [0.717, 1.165) is 22.3 Å². The molecule has 0 bridgehead atoms. The molecule has 0 unspecified atom stereocenters. The lowest BCUT2D eigenvalue weighted by molar-refractivity contribution is -0.124. The van der Waals surface area contributed by atoms with Crippen LogP contribution < -0.4 is 10.6 Å². The van der Waals surface area contributed by atoms with Crippen LogP contribution in [0.15, 0.2) is 48.5 Å². The van der Waals surface area contributed by atoms with Crippen molar-refractivity contribution in [2.24, 2.45) is 5.92 Å².